The summed E-state index contributed by atoms with van der Waals surface area (Å²) in [4.78, 5) is 43.3. The predicted molar refractivity (Wildman–Crippen MR) is 197 cm³/mol. The summed E-state index contributed by atoms with van der Waals surface area (Å²) in [5.41, 5.74) is 2.08. The Balaban J connectivity index is 1.28. The normalized spacial score (nSPS) is 14.7. The highest BCUT2D eigenvalue weighted by molar-refractivity contribution is 5.91. The molecule has 4 aromatic carbocycles. The van der Waals surface area contributed by atoms with Crippen LogP contribution in [0.5, 0.6) is 0 Å². The first-order valence-electron chi connectivity index (χ1n) is 17.6. The molecule has 8 nitrogen and oxygen atoms in total. The zero-order valence-electron chi connectivity index (χ0n) is 29.4. The lowest BCUT2D eigenvalue weighted by molar-refractivity contribution is -0.129. The highest BCUT2D eigenvalue weighted by atomic mass is 16.6. The number of nitrogens with zero attached hydrogens (tertiary/aromatic N) is 1. The monoisotopic (exact) mass is 674 g/mol. The number of benzene rings is 4. The minimum atomic E-state index is -1.14. The van der Waals surface area contributed by atoms with E-state index < -0.39 is 35.1 Å². The maximum atomic E-state index is 14.2. The Hall–Kier alpha value is -4.95. The molecule has 0 aromatic heterocycles. The second kappa shape index (κ2) is 17.1. The summed E-state index contributed by atoms with van der Waals surface area (Å²) in [6.45, 7) is 8.71. The first-order valence-corrected chi connectivity index (χ1v) is 17.6. The van der Waals surface area contributed by atoms with Crippen LogP contribution in [0, 0.1) is 5.92 Å². The Morgan fingerprint density at radius 2 is 1.22 bits per heavy atom. The highest BCUT2D eigenvalue weighted by Gasteiger charge is 2.39. The molecule has 1 heterocycles. The summed E-state index contributed by atoms with van der Waals surface area (Å²) in [6.07, 6.45) is 1.92. The number of alkyl carbamates (subject to hydrolysis) is 1. The summed E-state index contributed by atoms with van der Waals surface area (Å²) in [6, 6.07) is 38.7. The van der Waals surface area contributed by atoms with Gasteiger partial charge in [0, 0.05) is 13.1 Å². The molecule has 0 saturated carbocycles. The fourth-order valence-electron chi connectivity index (χ4n) is 6.68. The zero-order chi connectivity index (χ0) is 35.4. The van der Waals surface area contributed by atoms with Crippen LogP contribution >= 0.6 is 0 Å². The van der Waals surface area contributed by atoms with E-state index in [2.05, 4.69) is 45.1 Å². The number of amides is 3. The largest absolute Gasteiger partial charge is 0.444 e. The van der Waals surface area contributed by atoms with Crippen molar-refractivity contribution < 1.29 is 19.1 Å². The Labute approximate surface area is 296 Å². The Morgan fingerprint density at radius 3 is 1.70 bits per heavy atom. The van der Waals surface area contributed by atoms with Crippen molar-refractivity contribution in [3.8, 4) is 0 Å². The van der Waals surface area contributed by atoms with Gasteiger partial charge >= 0.3 is 6.09 Å². The number of ether oxygens (including phenoxy) is 1. The molecule has 1 aliphatic rings. The average molecular weight is 675 g/mol. The van der Waals surface area contributed by atoms with Gasteiger partial charge in [0.15, 0.2) is 0 Å². The van der Waals surface area contributed by atoms with Crippen LogP contribution in [0.3, 0.4) is 0 Å². The van der Waals surface area contributed by atoms with Gasteiger partial charge < -0.3 is 20.7 Å². The number of nitrogens with one attached hydrogen (secondary N) is 3. The molecule has 262 valence electrons. The van der Waals surface area contributed by atoms with E-state index in [4.69, 9.17) is 4.74 Å². The third-order valence-corrected chi connectivity index (χ3v) is 9.15. The topological polar surface area (TPSA) is 99.8 Å². The number of piperidine rings is 1. The molecule has 0 bridgehead atoms. The fourth-order valence-corrected chi connectivity index (χ4v) is 6.68. The molecule has 4 aromatic rings. The van der Waals surface area contributed by atoms with Crippen LogP contribution in [0.4, 0.5) is 4.79 Å². The molecule has 1 atom stereocenters. The Morgan fingerprint density at radius 1 is 0.740 bits per heavy atom. The molecule has 1 fully saturated rings. The first kappa shape index (κ1) is 36.3. The molecule has 3 N–H and O–H groups in total. The van der Waals surface area contributed by atoms with Crippen LogP contribution in [0.2, 0.25) is 0 Å². The second-order valence-electron chi connectivity index (χ2n) is 14.1. The van der Waals surface area contributed by atoms with E-state index in [0.29, 0.717) is 12.5 Å². The van der Waals surface area contributed by atoms with Crippen molar-refractivity contribution in [3.63, 3.8) is 0 Å². The lowest BCUT2D eigenvalue weighted by Gasteiger charge is -2.37. The number of carbonyl (C=O) groups is 3. The molecule has 0 aliphatic carbocycles. The number of rotatable bonds is 13. The average Bonchev–Trinajstić information content (AvgIpc) is 3.12. The molecule has 50 heavy (non-hydrogen) atoms. The smallest absolute Gasteiger partial charge is 0.408 e. The molecule has 3 amide bonds. The Bertz CT molecular complexity index is 1560. The SMILES string of the molecule is CC(C)(C)OC(=O)N[C@H](CC(=O)NC(c1ccccc1)(c1ccccc1)c1ccccc1)C(=O)NCCC1CCN(Cc2ccccc2)CC1. The number of hydrogen-bond acceptors (Lipinski definition) is 5. The lowest BCUT2D eigenvalue weighted by atomic mass is 9.77. The summed E-state index contributed by atoms with van der Waals surface area (Å²) in [7, 11) is 0. The molecule has 5 rings (SSSR count). The van der Waals surface area contributed by atoms with Gasteiger partial charge in [-0.15, -0.1) is 0 Å². The van der Waals surface area contributed by atoms with Crippen LogP contribution in [-0.4, -0.2) is 54.1 Å². The maximum absolute atomic E-state index is 14.2. The van der Waals surface area contributed by atoms with Crippen LogP contribution in [-0.2, 0) is 26.4 Å². The van der Waals surface area contributed by atoms with E-state index in [1.165, 1.54) is 5.56 Å². The van der Waals surface area contributed by atoms with Crippen molar-refractivity contribution in [2.45, 2.75) is 70.2 Å². The van der Waals surface area contributed by atoms with Crippen molar-refractivity contribution in [1.82, 2.24) is 20.9 Å². The van der Waals surface area contributed by atoms with E-state index in [9.17, 15) is 14.4 Å². The van der Waals surface area contributed by atoms with Crippen LogP contribution in [0.1, 0.15) is 68.7 Å². The summed E-state index contributed by atoms with van der Waals surface area (Å²) >= 11 is 0. The van der Waals surface area contributed by atoms with E-state index in [-0.39, 0.29) is 6.42 Å². The predicted octanol–water partition coefficient (Wildman–Crippen LogP) is 6.80. The van der Waals surface area contributed by atoms with Crippen LogP contribution < -0.4 is 16.0 Å². The van der Waals surface area contributed by atoms with Crippen molar-refractivity contribution in [2.75, 3.05) is 19.6 Å². The third-order valence-electron chi connectivity index (χ3n) is 9.15. The van der Waals surface area contributed by atoms with Gasteiger partial charge in [-0.25, -0.2) is 4.79 Å². The molecule has 0 spiro atoms. The van der Waals surface area contributed by atoms with Gasteiger partial charge in [-0.1, -0.05) is 121 Å². The van der Waals surface area contributed by atoms with E-state index in [0.717, 1.165) is 55.6 Å². The van der Waals surface area contributed by atoms with Gasteiger partial charge in [-0.05, 0) is 81.3 Å². The third kappa shape index (κ3) is 10.0. The van der Waals surface area contributed by atoms with Gasteiger partial charge in [-0.3, -0.25) is 14.5 Å². The maximum Gasteiger partial charge on any atom is 0.408 e. The molecular weight excluding hydrogens is 624 g/mol. The number of carbonyl (C=O) groups excluding carboxylic acids is 3. The van der Waals surface area contributed by atoms with Gasteiger partial charge in [0.2, 0.25) is 11.8 Å². The zero-order valence-corrected chi connectivity index (χ0v) is 29.4. The molecule has 0 radical (unpaired) electrons. The van der Waals surface area contributed by atoms with E-state index >= 15 is 0 Å². The first-order chi connectivity index (χ1) is 24.1. The van der Waals surface area contributed by atoms with Crippen LogP contribution in [0.25, 0.3) is 0 Å². The quantitative estimate of drug-likeness (QED) is 0.136. The van der Waals surface area contributed by atoms with E-state index in [1.807, 2.05) is 97.1 Å². The summed E-state index contributed by atoms with van der Waals surface area (Å²) in [5, 5.41) is 9.00. The van der Waals surface area contributed by atoms with Crippen molar-refractivity contribution in [2.24, 2.45) is 5.92 Å². The molecule has 8 heteroatoms. The molecular formula is C42H50N4O4. The number of hydrogen-bond donors (Lipinski definition) is 3. The fraction of sp³-hybridized carbons (Fsp3) is 0.357. The molecule has 0 unspecified atom stereocenters. The minimum absolute atomic E-state index is 0.281. The summed E-state index contributed by atoms with van der Waals surface area (Å²) in [5.74, 6) is -0.327. The van der Waals surface area contributed by atoms with Gasteiger partial charge in [0.05, 0.1) is 6.42 Å². The van der Waals surface area contributed by atoms with E-state index in [1.54, 1.807) is 20.8 Å². The van der Waals surface area contributed by atoms with Crippen molar-refractivity contribution >= 4 is 17.9 Å². The van der Waals surface area contributed by atoms with Crippen molar-refractivity contribution in [3.05, 3.63) is 144 Å². The summed E-state index contributed by atoms with van der Waals surface area (Å²) < 4.78 is 5.49. The highest BCUT2D eigenvalue weighted by Crippen LogP contribution is 2.37. The standard InChI is InChI=1S/C42H50N4O4/c1-41(2,3)50-40(49)44-37(39(48)43-27-24-32-25-28-46(29-26-32)31-33-16-8-4-9-17-33)30-38(47)45-42(34-18-10-5-11-19-34,35-20-12-6-13-21-35)36-22-14-7-15-23-36/h4-23,32,37H,24-31H2,1-3H3,(H,43,48)(H,44,49)(H,45,47)/t37-/m1/s1. The van der Waals surface area contributed by atoms with Crippen molar-refractivity contribution in [1.29, 1.82) is 0 Å². The van der Waals surface area contributed by atoms with Gasteiger partial charge in [-0.2, -0.15) is 0 Å². The molecule has 1 saturated heterocycles. The minimum Gasteiger partial charge on any atom is -0.444 e. The number of likely N-dealkylation sites (tertiary alicyclic amines) is 1. The van der Waals surface area contributed by atoms with Crippen LogP contribution in [0.15, 0.2) is 121 Å². The van der Waals surface area contributed by atoms with Gasteiger partial charge in [0.25, 0.3) is 0 Å². The van der Waals surface area contributed by atoms with Gasteiger partial charge in [0.1, 0.15) is 17.2 Å². The Kier molecular flexibility index (Phi) is 12.4. The lowest BCUT2D eigenvalue weighted by Crippen LogP contribution is -2.53. The molecule has 1 aliphatic heterocycles. The second-order valence-corrected chi connectivity index (χ2v) is 14.1.